The van der Waals surface area contributed by atoms with Crippen molar-refractivity contribution in [1.82, 2.24) is 10.2 Å². The molecular formula is C16H26N2O. The van der Waals surface area contributed by atoms with Crippen LogP contribution in [0, 0.1) is 11.3 Å². The van der Waals surface area contributed by atoms with E-state index in [1.807, 2.05) is 11.9 Å². The highest BCUT2D eigenvalue weighted by Gasteiger charge is 2.31. The smallest absolute Gasteiger partial charge is 0.240 e. The summed E-state index contributed by atoms with van der Waals surface area (Å²) in [5.74, 6) is 0.679. The van der Waals surface area contributed by atoms with Gasteiger partial charge in [0, 0.05) is 18.5 Å². The fourth-order valence-electron chi connectivity index (χ4n) is 3.10. The lowest BCUT2D eigenvalue weighted by atomic mass is 9.96. The minimum atomic E-state index is -0.0264. The molecule has 1 aliphatic carbocycles. The molecule has 3 heteroatoms. The number of nitrogens with one attached hydrogen (secondary N) is 1. The predicted octanol–water partition coefficient (Wildman–Crippen LogP) is 2.36. The Kier molecular flexibility index (Phi) is 4.14. The van der Waals surface area contributed by atoms with Gasteiger partial charge in [0.2, 0.25) is 5.91 Å². The second-order valence-electron chi connectivity index (χ2n) is 6.52. The van der Waals surface area contributed by atoms with Crippen molar-refractivity contribution in [2.75, 3.05) is 20.1 Å². The van der Waals surface area contributed by atoms with E-state index in [9.17, 15) is 4.79 Å². The summed E-state index contributed by atoms with van der Waals surface area (Å²) in [7, 11) is 1.89. The quantitative estimate of drug-likeness (QED) is 0.847. The van der Waals surface area contributed by atoms with Crippen LogP contribution in [-0.2, 0) is 4.79 Å². The molecule has 3 nitrogen and oxygen atoms in total. The normalized spacial score (nSPS) is 30.4. The van der Waals surface area contributed by atoms with Crippen molar-refractivity contribution in [3.63, 3.8) is 0 Å². The molecule has 1 aliphatic heterocycles. The SMILES string of the molecule is CNC1C(=O)N(CC2=CC(C)(C)C=C2)CCCC1C. The Balaban J connectivity index is 2.08. The Labute approximate surface area is 116 Å². The first-order valence-corrected chi connectivity index (χ1v) is 7.30. The van der Waals surface area contributed by atoms with Gasteiger partial charge >= 0.3 is 0 Å². The largest absolute Gasteiger partial charge is 0.337 e. The summed E-state index contributed by atoms with van der Waals surface area (Å²) in [6, 6.07) is -0.0264. The average molecular weight is 262 g/mol. The maximum atomic E-state index is 12.5. The Morgan fingerprint density at radius 1 is 1.47 bits per heavy atom. The molecular weight excluding hydrogens is 236 g/mol. The third kappa shape index (κ3) is 3.27. The topological polar surface area (TPSA) is 32.3 Å². The van der Waals surface area contributed by atoms with Gasteiger partial charge in [0.25, 0.3) is 0 Å². The fourth-order valence-corrected chi connectivity index (χ4v) is 3.10. The first-order valence-electron chi connectivity index (χ1n) is 7.30. The first kappa shape index (κ1) is 14.3. The Bertz CT molecular complexity index is 409. The summed E-state index contributed by atoms with van der Waals surface area (Å²) in [5.41, 5.74) is 1.41. The van der Waals surface area contributed by atoms with Crippen LogP contribution in [0.1, 0.15) is 33.6 Å². The lowest BCUT2D eigenvalue weighted by Crippen LogP contribution is -2.47. The molecule has 2 unspecified atom stereocenters. The molecule has 0 saturated carbocycles. The highest BCUT2D eigenvalue weighted by Crippen LogP contribution is 2.29. The molecule has 2 aliphatic rings. The van der Waals surface area contributed by atoms with E-state index in [0.717, 1.165) is 25.9 Å². The molecule has 1 N–H and O–H groups in total. The number of likely N-dealkylation sites (N-methyl/N-ethyl adjacent to an activating group) is 1. The lowest BCUT2D eigenvalue weighted by Gasteiger charge is -2.26. The molecule has 2 atom stereocenters. The molecule has 0 radical (unpaired) electrons. The molecule has 1 saturated heterocycles. The van der Waals surface area contributed by atoms with Crippen LogP contribution in [-0.4, -0.2) is 37.0 Å². The molecule has 19 heavy (non-hydrogen) atoms. The number of hydrogen-bond acceptors (Lipinski definition) is 2. The van der Waals surface area contributed by atoms with Gasteiger partial charge in [-0.25, -0.2) is 0 Å². The molecule has 1 amide bonds. The summed E-state index contributed by atoms with van der Waals surface area (Å²) in [6.07, 6.45) is 8.86. The van der Waals surface area contributed by atoms with Gasteiger partial charge in [-0.3, -0.25) is 4.79 Å². The van der Waals surface area contributed by atoms with Gasteiger partial charge in [-0.05, 0) is 31.4 Å². The number of hydrogen-bond donors (Lipinski definition) is 1. The van der Waals surface area contributed by atoms with E-state index in [2.05, 4.69) is 44.3 Å². The van der Waals surface area contributed by atoms with Crippen LogP contribution in [0.25, 0.3) is 0 Å². The lowest BCUT2D eigenvalue weighted by molar-refractivity contribution is -0.133. The van der Waals surface area contributed by atoms with E-state index in [1.165, 1.54) is 5.57 Å². The number of allylic oxidation sites excluding steroid dienone is 2. The Morgan fingerprint density at radius 3 is 2.79 bits per heavy atom. The van der Waals surface area contributed by atoms with Crippen LogP contribution in [0.2, 0.25) is 0 Å². The van der Waals surface area contributed by atoms with Crippen LogP contribution in [0.3, 0.4) is 0 Å². The zero-order chi connectivity index (χ0) is 14.0. The van der Waals surface area contributed by atoms with Gasteiger partial charge in [-0.15, -0.1) is 0 Å². The van der Waals surface area contributed by atoms with E-state index in [0.29, 0.717) is 5.92 Å². The molecule has 0 aromatic heterocycles. The zero-order valence-electron chi connectivity index (χ0n) is 12.6. The van der Waals surface area contributed by atoms with E-state index < -0.39 is 0 Å². The maximum absolute atomic E-state index is 12.5. The van der Waals surface area contributed by atoms with Gasteiger partial charge in [-0.1, -0.05) is 39.0 Å². The van der Waals surface area contributed by atoms with Crippen molar-refractivity contribution in [2.24, 2.45) is 11.3 Å². The molecule has 1 heterocycles. The zero-order valence-corrected chi connectivity index (χ0v) is 12.6. The first-order chi connectivity index (χ1) is 8.93. The second-order valence-corrected chi connectivity index (χ2v) is 6.52. The van der Waals surface area contributed by atoms with Gasteiger partial charge in [0.1, 0.15) is 0 Å². The van der Waals surface area contributed by atoms with Crippen LogP contribution in [0.4, 0.5) is 0 Å². The molecule has 1 fully saturated rings. The minimum Gasteiger partial charge on any atom is -0.337 e. The molecule has 2 rings (SSSR count). The summed E-state index contributed by atoms with van der Waals surface area (Å²) in [6.45, 7) is 8.19. The van der Waals surface area contributed by atoms with Crippen LogP contribution in [0.15, 0.2) is 23.8 Å². The third-order valence-corrected chi connectivity index (χ3v) is 4.20. The highest BCUT2D eigenvalue weighted by atomic mass is 16.2. The second kappa shape index (κ2) is 5.49. The van der Waals surface area contributed by atoms with Gasteiger partial charge in [0.05, 0.1) is 6.04 Å². The fraction of sp³-hybridized carbons (Fsp3) is 0.688. The van der Waals surface area contributed by atoms with Gasteiger partial charge in [-0.2, -0.15) is 0 Å². The van der Waals surface area contributed by atoms with Crippen LogP contribution >= 0.6 is 0 Å². The number of likely N-dealkylation sites (tertiary alicyclic amines) is 1. The number of rotatable bonds is 3. The average Bonchev–Trinajstić information content (AvgIpc) is 2.61. The van der Waals surface area contributed by atoms with Crippen molar-refractivity contribution in [3.8, 4) is 0 Å². The van der Waals surface area contributed by atoms with E-state index >= 15 is 0 Å². The van der Waals surface area contributed by atoms with Crippen LogP contribution in [0.5, 0.6) is 0 Å². The predicted molar refractivity (Wildman–Crippen MR) is 78.8 cm³/mol. The number of nitrogens with zero attached hydrogens (tertiary/aromatic N) is 1. The summed E-state index contributed by atoms with van der Waals surface area (Å²) in [5, 5.41) is 3.19. The van der Waals surface area contributed by atoms with Gasteiger partial charge < -0.3 is 10.2 Å². The highest BCUT2D eigenvalue weighted by molar-refractivity contribution is 5.82. The third-order valence-electron chi connectivity index (χ3n) is 4.20. The van der Waals surface area contributed by atoms with Crippen molar-refractivity contribution < 1.29 is 4.79 Å². The molecule has 0 aromatic rings. The monoisotopic (exact) mass is 262 g/mol. The summed E-state index contributed by atoms with van der Waals surface area (Å²) >= 11 is 0. The van der Waals surface area contributed by atoms with E-state index in [1.54, 1.807) is 0 Å². The maximum Gasteiger partial charge on any atom is 0.240 e. The van der Waals surface area contributed by atoms with E-state index in [-0.39, 0.29) is 17.4 Å². The number of amides is 1. The van der Waals surface area contributed by atoms with Gasteiger partial charge in [0.15, 0.2) is 0 Å². The molecule has 0 bridgehead atoms. The summed E-state index contributed by atoms with van der Waals surface area (Å²) < 4.78 is 0. The Hall–Kier alpha value is -1.09. The number of carbonyl (C=O) groups excluding carboxylic acids is 1. The Morgan fingerprint density at radius 2 is 2.21 bits per heavy atom. The molecule has 106 valence electrons. The van der Waals surface area contributed by atoms with Crippen molar-refractivity contribution in [2.45, 2.75) is 39.7 Å². The van der Waals surface area contributed by atoms with Crippen LogP contribution < -0.4 is 5.32 Å². The van der Waals surface area contributed by atoms with Crippen molar-refractivity contribution in [3.05, 3.63) is 23.8 Å². The van der Waals surface area contributed by atoms with Crippen molar-refractivity contribution >= 4 is 5.91 Å². The van der Waals surface area contributed by atoms with Crippen molar-refractivity contribution in [1.29, 1.82) is 0 Å². The number of carbonyl (C=O) groups is 1. The molecule has 0 spiro atoms. The standard InChI is InChI=1S/C16H26N2O/c1-12-6-5-9-18(15(19)14(12)17-4)11-13-7-8-16(2,3)10-13/h7-8,10,12,14,17H,5-6,9,11H2,1-4H3. The minimum absolute atomic E-state index is 0.0264. The summed E-state index contributed by atoms with van der Waals surface area (Å²) in [4.78, 5) is 14.6. The molecule has 0 aromatic carbocycles. The van der Waals surface area contributed by atoms with E-state index in [4.69, 9.17) is 0 Å².